The first-order chi connectivity index (χ1) is 10.1. The minimum atomic E-state index is -0.396. The first kappa shape index (κ1) is 14.4. The molecule has 0 spiro atoms. The normalized spacial score (nSPS) is 24.0. The van der Waals surface area contributed by atoms with E-state index in [0.29, 0.717) is 12.1 Å². The van der Waals surface area contributed by atoms with Crippen molar-refractivity contribution >= 4 is 5.69 Å². The summed E-state index contributed by atoms with van der Waals surface area (Å²) in [6.45, 7) is 5.29. The van der Waals surface area contributed by atoms with Crippen LogP contribution in [0.4, 0.5) is 5.69 Å². The summed E-state index contributed by atoms with van der Waals surface area (Å²) in [6, 6.07) is 12.3. The summed E-state index contributed by atoms with van der Waals surface area (Å²) in [4.78, 5) is 2.49. The van der Waals surface area contributed by atoms with Crippen molar-refractivity contribution in [3.63, 3.8) is 0 Å². The maximum atomic E-state index is 9.52. The van der Waals surface area contributed by atoms with E-state index in [2.05, 4.69) is 47.5 Å². The number of para-hydroxylation sites is 1. The van der Waals surface area contributed by atoms with E-state index >= 15 is 0 Å². The third-order valence-electron chi connectivity index (χ3n) is 4.86. The Kier molecular flexibility index (Phi) is 3.91. The van der Waals surface area contributed by atoms with E-state index < -0.39 is 5.54 Å². The molecule has 1 aromatic rings. The van der Waals surface area contributed by atoms with Gasteiger partial charge in [0.1, 0.15) is 5.54 Å². The fourth-order valence-corrected chi connectivity index (χ4v) is 3.28. The number of aryl methyl sites for hydroxylation is 1. The average Bonchev–Trinajstić information content (AvgIpc) is 3.30. The molecule has 1 saturated carbocycles. The second kappa shape index (κ2) is 5.69. The predicted octanol–water partition coefficient (Wildman–Crippen LogP) is 3.25. The molecule has 1 N–H and O–H groups in total. The van der Waals surface area contributed by atoms with Crippen LogP contribution < -0.4 is 10.2 Å². The van der Waals surface area contributed by atoms with E-state index in [1.54, 1.807) is 0 Å². The smallest absolute Gasteiger partial charge is 0.105 e. The van der Waals surface area contributed by atoms with Gasteiger partial charge in [0.25, 0.3) is 0 Å². The van der Waals surface area contributed by atoms with E-state index in [1.807, 2.05) is 6.92 Å². The van der Waals surface area contributed by atoms with Crippen molar-refractivity contribution in [1.82, 2.24) is 5.32 Å². The number of nitriles is 1. The Hall–Kier alpha value is -1.53. The highest BCUT2D eigenvalue weighted by Crippen LogP contribution is 2.31. The molecule has 0 bridgehead atoms. The van der Waals surface area contributed by atoms with Crippen molar-refractivity contribution in [3.05, 3.63) is 29.8 Å². The van der Waals surface area contributed by atoms with Crippen LogP contribution in [0.15, 0.2) is 24.3 Å². The highest BCUT2D eigenvalue weighted by atomic mass is 15.2. The number of benzene rings is 1. The van der Waals surface area contributed by atoms with E-state index in [0.717, 1.165) is 13.0 Å². The zero-order chi connectivity index (χ0) is 14.9. The zero-order valence-corrected chi connectivity index (χ0v) is 13.1. The van der Waals surface area contributed by atoms with E-state index in [-0.39, 0.29) is 0 Å². The zero-order valence-electron chi connectivity index (χ0n) is 13.1. The molecule has 3 nitrogen and oxygen atoms in total. The fourth-order valence-electron chi connectivity index (χ4n) is 3.28. The summed E-state index contributed by atoms with van der Waals surface area (Å²) in [5, 5.41) is 13.0. The topological polar surface area (TPSA) is 39.1 Å². The highest BCUT2D eigenvalue weighted by molar-refractivity contribution is 5.56. The number of rotatable bonds is 5. The maximum absolute atomic E-state index is 9.52. The van der Waals surface area contributed by atoms with E-state index in [1.165, 1.54) is 36.9 Å². The Labute approximate surface area is 128 Å². The number of hydrogen-bond donors (Lipinski definition) is 1. The van der Waals surface area contributed by atoms with Gasteiger partial charge in [0.15, 0.2) is 0 Å². The van der Waals surface area contributed by atoms with Gasteiger partial charge in [-0.2, -0.15) is 5.26 Å². The fraction of sp³-hybridized carbons (Fsp3) is 0.611. The Morgan fingerprint density at radius 2 is 2.10 bits per heavy atom. The van der Waals surface area contributed by atoms with Gasteiger partial charge in [-0.1, -0.05) is 18.2 Å². The van der Waals surface area contributed by atoms with Crippen molar-refractivity contribution in [2.45, 2.75) is 63.6 Å². The van der Waals surface area contributed by atoms with Crippen LogP contribution in [0.2, 0.25) is 0 Å². The molecule has 2 unspecified atom stereocenters. The summed E-state index contributed by atoms with van der Waals surface area (Å²) >= 11 is 0. The molecule has 3 heteroatoms. The molecule has 112 valence electrons. The van der Waals surface area contributed by atoms with Crippen LogP contribution in [-0.2, 0) is 6.42 Å². The van der Waals surface area contributed by atoms with Gasteiger partial charge < -0.3 is 4.90 Å². The van der Waals surface area contributed by atoms with Crippen molar-refractivity contribution in [3.8, 4) is 6.07 Å². The molecule has 1 aliphatic heterocycles. The van der Waals surface area contributed by atoms with Gasteiger partial charge in [0, 0.05) is 24.3 Å². The summed E-state index contributed by atoms with van der Waals surface area (Å²) in [5.74, 6) is 0. The van der Waals surface area contributed by atoms with Crippen molar-refractivity contribution < 1.29 is 0 Å². The molecule has 1 aliphatic carbocycles. The lowest BCUT2D eigenvalue weighted by Gasteiger charge is -2.38. The standard InChI is InChI=1S/C18H25N3/c1-14-7-8-15-5-3-4-6-17(15)21(14)12-11-18(2,13-19)20-16-9-10-16/h3-6,14,16,20H,7-12H2,1-2H3. The van der Waals surface area contributed by atoms with Crippen LogP contribution in [-0.4, -0.2) is 24.2 Å². The lowest BCUT2D eigenvalue weighted by molar-refractivity contribution is 0.404. The molecule has 0 radical (unpaired) electrons. The van der Waals surface area contributed by atoms with Crippen molar-refractivity contribution in [2.24, 2.45) is 0 Å². The molecular formula is C18H25N3. The molecule has 21 heavy (non-hydrogen) atoms. The first-order valence-corrected chi connectivity index (χ1v) is 8.15. The molecule has 1 heterocycles. The Bertz CT molecular complexity index is 544. The molecule has 1 fully saturated rings. The maximum Gasteiger partial charge on any atom is 0.105 e. The van der Waals surface area contributed by atoms with Gasteiger partial charge in [-0.05, 0) is 57.6 Å². The van der Waals surface area contributed by atoms with Gasteiger partial charge in [0.2, 0.25) is 0 Å². The van der Waals surface area contributed by atoms with Crippen molar-refractivity contribution in [2.75, 3.05) is 11.4 Å². The van der Waals surface area contributed by atoms with Gasteiger partial charge in [0.05, 0.1) is 6.07 Å². The van der Waals surface area contributed by atoms with Crippen LogP contribution in [0.3, 0.4) is 0 Å². The number of fused-ring (bicyclic) bond motifs is 1. The number of hydrogen-bond acceptors (Lipinski definition) is 3. The summed E-state index contributed by atoms with van der Waals surface area (Å²) in [7, 11) is 0. The second-order valence-corrected chi connectivity index (χ2v) is 6.82. The monoisotopic (exact) mass is 283 g/mol. The van der Waals surface area contributed by atoms with Crippen LogP contribution in [0.5, 0.6) is 0 Å². The quantitative estimate of drug-likeness (QED) is 0.901. The lowest BCUT2D eigenvalue weighted by atomic mass is 9.94. The minimum absolute atomic E-state index is 0.396. The van der Waals surface area contributed by atoms with E-state index in [9.17, 15) is 5.26 Å². The molecule has 1 aromatic carbocycles. The number of anilines is 1. The second-order valence-electron chi connectivity index (χ2n) is 6.82. The predicted molar refractivity (Wildman–Crippen MR) is 86.4 cm³/mol. The van der Waals surface area contributed by atoms with Gasteiger partial charge in [-0.15, -0.1) is 0 Å². The molecule has 0 saturated heterocycles. The minimum Gasteiger partial charge on any atom is -0.368 e. The summed E-state index contributed by atoms with van der Waals surface area (Å²) < 4.78 is 0. The molecule has 0 amide bonds. The molecule has 2 aliphatic rings. The Morgan fingerprint density at radius 3 is 2.81 bits per heavy atom. The largest absolute Gasteiger partial charge is 0.368 e. The van der Waals surface area contributed by atoms with Gasteiger partial charge in [-0.3, -0.25) is 5.32 Å². The highest BCUT2D eigenvalue weighted by Gasteiger charge is 2.33. The molecular weight excluding hydrogens is 258 g/mol. The number of nitrogens with zero attached hydrogens (tertiary/aromatic N) is 2. The van der Waals surface area contributed by atoms with Gasteiger partial charge >= 0.3 is 0 Å². The van der Waals surface area contributed by atoms with Crippen molar-refractivity contribution in [1.29, 1.82) is 5.26 Å². The molecule has 2 atom stereocenters. The number of nitrogens with one attached hydrogen (secondary N) is 1. The van der Waals surface area contributed by atoms with Crippen LogP contribution in [0.25, 0.3) is 0 Å². The Morgan fingerprint density at radius 1 is 1.33 bits per heavy atom. The summed E-state index contributed by atoms with van der Waals surface area (Å²) in [5.41, 5.74) is 2.42. The van der Waals surface area contributed by atoms with E-state index in [4.69, 9.17) is 0 Å². The first-order valence-electron chi connectivity index (χ1n) is 8.15. The third-order valence-corrected chi connectivity index (χ3v) is 4.86. The van der Waals surface area contributed by atoms with Crippen LogP contribution in [0.1, 0.15) is 45.1 Å². The van der Waals surface area contributed by atoms with Crippen LogP contribution >= 0.6 is 0 Å². The Balaban J connectivity index is 1.70. The SMILES string of the molecule is CC1CCc2ccccc2N1CCC(C)(C#N)NC1CC1. The average molecular weight is 283 g/mol. The van der Waals surface area contributed by atoms with Gasteiger partial charge in [-0.25, -0.2) is 0 Å². The van der Waals surface area contributed by atoms with Crippen LogP contribution in [0, 0.1) is 11.3 Å². The third kappa shape index (κ3) is 3.22. The molecule has 0 aromatic heterocycles. The molecule has 3 rings (SSSR count). The summed E-state index contributed by atoms with van der Waals surface area (Å²) in [6.07, 6.45) is 5.69. The lowest BCUT2D eigenvalue weighted by Crippen LogP contribution is -2.47.